The Morgan fingerprint density at radius 3 is 2.06 bits per heavy atom. The first-order valence-corrected chi connectivity index (χ1v) is 17.0. The first-order chi connectivity index (χ1) is 24.0. The average Bonchev–Trinajstić information content (AvgIpc) is 3.65. The molecule has 0 atom stereocenters. The van der Waals surface area contributed by atoms with Crippen molar-refractivity contribution in [2.24, 2.45) is 0 Å². The summed E-state index contributed by atoms with van der Waals surface area (Å²) in [5.41, 5.74) is 12.8. The maximum absolute atomic E-state index is 6.68. The van der Waals surface area contributed by atoms with Crippen LogP contribution in [-0.2, 0) is 5.41 Å². The van der Waals surface area contributed by atoms with E-state index in [1.54, 1.807) is 0 Å². The van der Waals surface area contributed by atoms with Crippen molar-refractivity contribution < 1.29 is 4.42 Å². The first kappa shape index (κ1) is 27.9. The summed E-state index contributed by atoms with van der Waals surface area (Å²) >= 11 is 0. The maximum atomic E-state index is 6.68. The Morgan fingerprint density at radius 2 is 1.16 bits per heavy atom. The van der Waals surface area contributed by atoms with Gasteiger partial charge in [-0.2, -0.15) is 0 Å². The Kier molecular flexibility index (Phi) is 5.95. The van der Waals surface area contributed by atoms with Crippen LogP contribution in [0, 0.1) is 0 Å². The molecule has 0 aliphatic heterocycles. The van der Waals surface area contributed by atoms with Crippen LogP contribution < -0.4 is 4.90 Å². The Morgan fingerprint density at radius 1 is 0.469 bits per heavy atom. The normalized spacial score (nSPS) is 13.3. The topological polar surface area (TPSA) is 16.4 Å². The van der Waals surface area contributed by atoms with Gasteiger partial charge in [-0.25, -0.2) is 0 Å². The Hall–Kier alpha value is -6.12. The minimum atomic E-state index is -0.0672. The van der Waals surface area contributed by atoms with Gasteiger partial charge in [0.25, 0.3) is 0 Å². The zero-order chi connectivity index (χ0) is 32.7. The Bertz CT molecular complexity index is 2770. The van der Waals surface area contributed by atoms with E-state index in [0.29, 0.717) is 0 Å². The highest BCUT2D eigenvalue weighted by Gasteiger charge is 2.35. The second kappa shape index (κ2) is 10.4. The summed E-state index contributed by atoms with van der Waals surface area (Å²) in [6, 6.07) is 59.5. The first-order valence-electron chi connectivity index (χ1n) is 17.0. The molecule has 8 aromatic carbocycles. The number of benzene rings is 8. The van der Waals surface area contributed by atoms with Crippen molar-refractivity contribution >= 4 is 60.5 Å². The van der Waals surface area contributed by atoms with Crippen molar-refractivity contribution in [3.63, 3.8) is 0 Å². The quantitative estimate of drug-likeness (QED) is 0.193. The highest BCUT2D eigenvalue weighted by atomic mass is 16.3. The van der Waals surface area contributed by atoms with E-state index in [0.717, 1.165) is 49.8 Å². The molecule has 10 rings (SSSR count). The molecule has 49 heavy (non-hydrogen) atoms. The molecule has 1 aliphatic carbocycles. The van der Waals surface area contributed by atoms with Gasteiger partial charge in [-0.15, -0.1) is 0 Å². The number of fused-ring (bicyclic) bond motifs is 9. The molecule has 232 valence electrons. The predicted molar refractivity (Wildman–Crippen MR) is 206 cm³/mol. The highest BCUT2D eigenvalue weighted by molar-refractivity contribution is 6.22. The van der Waals surface area contributed by atoms with E-state index in [-0.39, 0.29) is 5.41 Å². The van der Waals surface area contributed by atoms with Crippen LogP contribution in [0.25, 0.3) is 65.7 Å². The van der Waals surface area contributed by atoms with Crippen LogP contribution in [0.2, 0.25) is 0 Å². The molecule has 1 aromatic heterocycles. The summed E-state index contributed by atoms with van der Waals surface area (Å²) in [5, 5.41) is 6.98. The minimum Gasteiger partial charge on any atom is -0.455 e. The van der Waals surface area contributed by atoms with E-state index in [1.807, 2.05) is 0 Å². The molecule has 0 radical (unpaired) electrons. The van der Waals surface area contributed by atoms with E-state index in [2.05, 4.69) is 183 Å². The van der Waals surface area contributed by atoms with Crippen LogP contribution in [0.15, 0.2) is 168 Å². The van der Waals surface area contributed by atoms with Gasteiger partial charge in [-0.1, -0.05) is 135 Å². The van der Waals surface area contributed by atoms with Gasteiger partial charge in [0, 0.05) is 27.6 Å². The predicted octanol–water partition coefficient (Wildman–Crippen LogP) is 13.3. The van der Waals surface area contributed by atoms with Gasteiger partial charge in [0.05, 0.1) is 11.1 Å². The van der Waals surface area contributed by atoms with Crippen molar-refractivity contribution in [1.82, 2.24) is 0 Å². The number of nitrogens with zero attached hydrogens (tertiary/aromatic N) is 1. The third-order valence-electron chi connectivity index (χ3n) is 10.6. The third kappa shape index (κ3) is 4.20. The molecule has 0 saturated carbocycles. The fourth-order valence-electron chi connectivity index (χ4n) is 8.18. The van der Waals surface area contributed by atoms with Gasteiger partial charge in [-0.05, 0) is 92.0 Å². The van der Waals surface area contributed by atoms with Crippen molar-refractivity contribution in [2.75, 3.05) is 4.90 Å². The highest BCUT2D eigenvalue weighted by Crippen LogP contribution is 2.52. The number of furan rings is 1. The van der Waals surface area contributed by atoms with Crippen molar-refractivity contribution in [1.29, 1.82) is 0 Å². The third-order valence-corrected chi connectivity index (χ3v) is 10.6. The number of para-hydroxylation sites is 1. The van der Waals surface area contributed by atoms with Crippen LogP contribution in [0.1, 0.15) is 25.0 Å². The lowest BCUT2D eigenvalue weighted by molar-refractivity contribution is 0.660. The van der Waals surface area contributed by atoms with Crippen molar-refractivity contribution in [2.45, 2.75) is 19.3 Å². The average molecular weight is 628 g/mol. The molecule has 0 unspecified atom stereocenters. The summed E-state index contributed by atoms with van der Waals surface area (Å²) in [5.74, 6) is 0. The second-order valence-electron chi connectivity index (χ2n) is 13.8. The van der Waals surface area contributed by atoms with Crippen LogP contribution in [-0.4, -0.2) is 0 Å². The number of hydrogen-bond acceptors (Lipinski definition) is 2. The van der Waals surface area contributed by atoms with Crippen LogP contribution in [0.4, 0.5) is 17.1 Å². The standard InChI is InChI=1S/C47H33NO/c1-47(2)41-20-9-7-18-38(41)40-29-36(24-25-42(40)47)48(35-16-11-15-32(27-35)33-23-22-30-12-3-4-13-31(30)26-33)43-28-34-14-5-6-17-37(34)46-45(43)39-19-8-10-21-44(39)49-46/h3-29H,1-2H3. The van der Waals surface area contributed by atoms with E-state index in [4.69, 9.17) is 4.42 Å². The molecule has 9 aromatic rings. The molecule has 0 N–H and O–H groups in total. The lowest BCUT2D eigenvalue weighted by Gasteiger charge is -2.28. The van der Waals surface area contributed by atoms with Crippen LogP contribution in [0.5, 0.6) is 0 Å². The van der Waals surface area contributed by atoms with E-state index in [1.165, 1.54) is 44.2 Å². The lowest BCUT2D eigenvalue weighted by Crippen LogP contribution is -2.15. The maximum Gasteiger partial charge on any atom is 0.145 e. The lowest BCUT2D eigenvalue weighted by atomic mass is 9.82. The molecule has 1 heterocycles. The van der Waals surface area contributed by atoms with Gasteiger partial charge >= 0.3 is 0 Å². The van der Waals surface area contributed by atoms with Crippen LogP contribution >= 0.6 is 0 Å². The molecule has 1 aliphatic rings. The zero-order valence-corrected chi connectivity index (χ0v) is 27.4. The molecule has 0 bridgehead atoms. The Balaban J connectivity index is 1.27. The van der Waals surface area contributed by atoms with Gasteiger partial charge in [0.1, 0.15) is 11.2 Å². The van der Waals surface area contributed by atoms with Crippen LogP contribution in [0.3, 0.4) is 0 Å². The molecule has 0 saturated heterocycles. The summed E-state index contributed by atoms with van der Waals surface area (Å²) in [7, 11) is 0. The Labute approximate surface area is 285 Å². The van der Waals surface area contributed by atoms with Gasteiger partial charge in [0.15, 0.2) is 0 Å². The van der Waals surface area contributed by atoms with Crippen molar-refractivity contribution in [3.05, 3.63) is 175 Å². The summed E-state index contributed by atoms with van der Waals surface area (Å²) in [6.07, 6.45) is 0. The number of hydrogen-bond donors (Lipinski definition) is 0. The van der Waals surface area contributed by atoms with Gasteiger partial charge < -0.3 is 9.32 Å². The summed E-state index contributed by atoms with van der Waals surface area (Å²) < 4.78 is 6.68. The monoisotopic (exact) mass is 627 g/mol. The van der Waals surface area contributed by atoms with E-state index >= 15 is 0 Å². The van der Waals surface area contributed by atoms with Gasteiger partial charge in [0.2, 0.25) is 0 Å². The summed E-state index contributed by atoms with van der Waals surface area (Å²) in [6.45, 7) is 4.68. The second-order valence-corrected chi connectivity index (χ2v) is 13.8. The number of anilines is 3. The minimum absolute atomic E-state index is 0.0672. The SMILES string of the molecule is CC1(C)c2ccccc2-c2cc(N(c3cccc(-c4ccc5ccccc5c4)c3)c3cc4ccccc4c4oc5ccccc5c34)ccc21. The zero-order valence-electron chi connectivity index (χ0n) is 27.4. The smallest absolute Gasteiger partial charge is 0.145 e. The molecule has 2 nitrogen and oxygen atoms in total. The molecular formula is C47H33NO. The van der Waals surface area contributed by atoms with E-state index < -0.39 is 0 Å². The van der Waals surface area contributed by atoms with Crippen molar-refractivity contribution in [3.8, 4) is 22.3 Å². The number of rotatable bonds is 4. The largest absolute Gasteiger partial charge is 0.455 e. The van der Waals surface area contributed by atoms with E-state index in [9.17, 15) is 0 Å². The molecular weight excluding hydrogens is 595 g/mol. The van der Waals surface area contributed by atoms with Gasteiger partial charge in [-0.3, -0.25) is 0 Å². The molecule has 0 fully saturated rings. The molecule has 0 spiro atoms. The molecule has 0 amide bonds. The summed E-state index contributed by atoms with van der Waals surface area (Å²) in [4.78, 5) is 2.44. The fraction of sp³-hybridized carbons (Fsp3) is 0.0638. The molecule has 2 heteroatoms. The fourth-order valence-corrected chi connectivity index (χ4v) is 8.18.